The quantitative estimate of drug-likeness (QED) is 0.824. The lowest BCUT2D eigenvalue weighted by atomic mass is 10.1. The van der Waals surface area contributed by atoms with Crippen LogP contribution in [0.5, 0.6) is 0 Å². The minimum atomic E-state index is 0.136. The van der Waals surface area contributed by atoms with Gasteiger partial charge in [-0.3, -0.25) is 4.79 Å². The Morgan fingerprint density at radius 2 is 2.00 bits per heavy atom. The van der Waals surface area contributed by atoms with Crippen LogP contribution in [0.15, 0.2) is 4.52 Å². The van der Waals surface area contributed by atoms with Crippen molar-refractivity contribution in [3.8, 4) is 0 Å². The van der Waals surface area contributed by atoms with Gasteiger partial charge in [0.25, 0.3) is 0 Å². The van der Waals surface area contributed by atoms with Crippen LogP contribution in [0.4, 0.5) is 0 Å². The van der Waals surface area contributed by atoms with Gasteiger partial charge in [-0.15, -0.1) is 0 Å². The standard InChI is InChI=1S/C15H25N3O2/c1-12-14(13(2)20-16-12)11-15(19)17(3)9-10-18-7-5-4-6-8-18/h4-11H2,1-3H3. The molecule has 112 valence electrons. The molecule has 0 bridgehead atoms. The second kappa shape index (κ2) is 6.88. The second-order valence-electron chi connectivity index (χ2n) is 5.70. The van der Waals surface area contributed by atoms with E-state index < -0.39 is 0 Å². The number of aromatic nitrogens is 1. The first kappa shape index (κ1) is 15.0. The molecule has 1 aliphatic heterocycles. The number of hydrogen-bond acceptors (Lipinski definition) is 4. The average molecular weight is 279 g/mol. The zero-order valence-electron chi connectivity index (χ0n) is 12.8. The average Bonchev–Trinajstić information content (AvgIpc) is 2.77. The van der Waals surface area contributed by atoms with Crippen molar-refractivity contribution in [3.05, 3.63) is 17.0 Å². The largest absolute Gasteiger partial charge is 0.361 e. The second-order valence-corrected chi connectivity index (χ2v) is 5.70. The van der Waals surface area contributed by atoms with Crippen LogP contribution in [-0.4, -0.2) is 54.1 Å². The molecule has 1 fully saturated rings. The van der Waals surface area contributed by atoms with Crippen LogP contribution < -0.4 is 0 Å². The SMILES string of the molecule is Cc1noc(C)c1CC(=O)N(C)CCN1CCCCC1. The number of likely N-dealkylation sites (tertiary alicyclic amines) is 1. The van der Waals surface area contributed by atoms with Gasteiger partial charge in [-0.2, -0.15) is 0 Å². The molecule has 0 unspecified atom stereocenters. The van der Waals surface area contributed by atoms with Crippen molar-refractivity contribution < 1.29 is 9.32 Å². The summed E-state index contributed by atoms with van der Waals surface area (Å²) in [5, 5.41) is 3.89. The first-order valence-electron chi connectivity index (χ1n) is 7.46. The van der Waals surface area contributed by atoms with E-state index in [-0.39, 0.29) is 5.91 Å². The molecule has 1 amide bonds. The van der Waals surface area contributed by atoms with E-state index in [1.165, 1.54) is 32.4 Å². The number of carbonyl (C=O) groups is 1. The summed E-state index contributed by atoms with van der Waals surface area (Å²) < 4.78 is 5.10. The highest BCUT2D eigenvalue weighted by Crippen LogP contribution is 2.14. The number of hydrogen-bond donors (Lipinski definition) is 0. The normalized spacial score (nSPS) is 16.4. The van der Waals surface area contributed by atoms with Crippen molar-refractivity contribution in [1.29, 1.82) is 0 Å². The fraction of sp³-hybridized carbons (Fsp3) is 0.733. The maximum Gasteiger partial charge on any atom is 0.226 e. The Morgan fingerprint density at radius 1 is 1.30 bits per heavy atom. The summed E-state index contributed by atoms with van der Waals surface area (Å²) in [5.74, 6) is 0.886. The lowest BCUT2D eigenvalue weighted by Crippen LogP contribution is -2.39. The maximum absolute atomic E-state index is 12.2. The number of nitrogens with zero attached hydrogens (tertiary/aromatic N) is 3. The molecule has 2 heterocycles. The Hall–Kier alpha value is -1.36. The fourth-order valence-electron chi connectivity index (χ4n) is 2.64. The summed E-state index contributed by atoms with van der Waals surface area (Å²) in [7, 11) is 1.88. The summed E-state index contributed by atoms with van der Waals surface area (Å²) in [4.78, 5) is 16.5. The molecule has 0 aromatic carbocycles. The van der Waals surface area contributed by atoms with Gasteiger partial charge >= 0.3 is 0 Å². The van der Waals surface area contributed by atoms with E-state index in [0.29, 0.717) is 6.42 Å². The third kappa shape index (κ3) is 3.82. The highest BCUT2D eigenvalue weighted by molar-refractivity contribution is 5.78. The highest BCUT2D eigenvalue weighted by atomic mass is 16.5. The smallest absolute Gasteiger partial charge is 0.226 e. The van der Waals surface area contributed by atoms with Gasteiger partial charge in [0.1, 0.15) is 5.76 Å². The summed E-state index contributed by atoms with van der Waals surface area (Å²) >= 11 is 0. The third-order valence-electron chi connectivity index (χ3n) is 4.14. The molecule has 1 aromatic rings. The molecular formula is C15H25N3O2. The van der Waals surface area contributed by atoms with E-state index in [0.717, 1.165) is 30.1 Å². The molecule has 0 spiro atoms. The number of piperidine rings is 1. The number of carbonyl (C=O) groups excluding carboxylic acids is 1. The van der Waals surface area contributed by atoms with Crippen LogP contribution in [0.3, 0.4) is 0 Å². The highest BCUT2D eigenvalue weighted by Gasteiger charge is 2.17. The number of amides is 1. The molecular weight excluding hydrogens is 254 g/mol. The summed E-state index contributed by atoms with van der Waals surface area (Å²) in [6.07, 6.45) is 4.31. The van der Waals surface area contributed by atoms with E-state index in [1.807, 2.05) is 25.8 Å². The van der Waals surface area contributed by atoms with Gasteiger partial charge in [-0.25, -0.2) is 0 Å². The van der Waals surface area contributed by atoms with Gasteiger partial charge in [0.15, 0.2) is 0 Å². The van der Waals surface area contributed by atoms with Gasteiger partial charge in [0.05, 0.1) is 12.1 Å². The number of aryl methyl sites for hydroxylation is 2. The Labute approximate surface area is 120 Å². The fourth-order valence-corrected chi connectivity index (χ4v) is 2.64. The van der Waals surface area contributed by atoms with E-state index in [1.54, 1.807) is 0 Å². The van der Waals surface area contributed by atoms with Gasteiger partial charge < -0.3 is 14.3 Å². The van der Waals surface area contributed by atoms with E-state index >= 15 is 0 Å². The van der Waals surface area contributed by atoms with Gasteiger partial charge in [-0.05, 0) is 39.8 Å². The zero-order chi connectivity index (χ0) is 14.5. The molecule has 0 N–H and O–H groups in total. The molecule has 0 atom stereocenters. The summed E-state index contributed by atoms with van der Waals surface area (Å²) in [5.41, 5.74) is 1.75. The van der Waals surface area contributed by atoms with Crippen LogP contribution in [0.1, 0.15) is 36.3 Å². The Morgan fingerprint density at radius 3 is 2.60 bits per heavy atom. The van der Waals surface area contributed by atoms with E-state index in [2.05, 4.69) is 10.1 Å². The maximum atomic E-state index is 12.2. The van der Waals surface area contributed by atoms with Gasteiger partial charge in [-0.1, -0.05) is 11.6 Å². The first-order valence-corrected chi connectivity index (χ1v) is 7.46. The lowest BCUT2D eigenvalue weighted by Gasteiger charge is -2.28. The molecule has 1 aromatic heterocycles. The van der Waals surface area contributed by atoms with Crippen molar-refractivity contribution >= 4 is 5.91 Å². The number of rotatable bonds is 5. The summed E-state index contributed by atoms with van der Waals surface area (Å²) in [6.45, 7) is 7.85. The molecule has 0 radical (unpaired) electrons. The summed E-state index contributed by atoms with van der Waals surface area (Å²) in [6, 6.07) is 0. The molecule has 5 heteroatoms. The molecule has 1 saturated heterocycles. The van der Waals surface area contributed by atoms with Crippen molar-refractivity contribution in [3.63, 3.8) is 0 Å². The van der Waals surface area contributed by atoms with Crippen molar-refractivity contribution in [2.45, 2.75) is 39.5 Å². The Kier molecular flexibility index (Phi) is 5.17. The first-order chi connectivity index (χ1) is 9.58. The topological polar surface area (TPSA) is 49.6 Å². The lowest BCUT2D eigenvalue weighted by molar-refractivity contribution is -0.129. The zero-order valence-corrected chi connectivity index (χ0v) is 12.8. The van der Waals surface area contributed by atoms with Gasteiger partial charge in [0.2, 0.25) is 5.91 Å². The van der Waals surface area contributed by atoms with Crippen molar-refractivity contribution in [1.82, 2.24) is 15.0 Å². The Balaban J connectivity index is 1.79. The minimum absolute atomic E-state index is 0.136. The molecule has 2 rings (SSSR count). The monoisotopic (exact) mass is 279 g/mol. The van der Waals surface area contributed by atoms with Crippen molar-refractivity contribution in [2.75, 3.05) is 33.2 Å². The van der Waals surface area contributed by atoms with Gasteiger partial charge in [0, 0.05) is 25.7 Å². The molecule has 0 saturated carbocycles. The Bertz CT molecular complexity index is 430. The number of likely N-dealkylation sites (N-methyl/N-ethyl adjacent to an activating group) is 1. The van der Waals surface area contributed by atoms with Crippen LogP contribution in [0.25, 0.3) is 0 Å². The molecule has 5 nitrogen and oxygen atoms in total. The molecule has 0 aliphatic carbocycles. The minimum Gasteiger partial charge on any atom is -0.361 e. The predicted octanol–water partition coefficient (Wildman–Crippen LogP) is 1.78. The van der Waals surface area contributed by atoms with E-state index in [9.17, 15) is 4.79 Å². The predicted molar refractivity (Wildman–Crippen MR) is 77.6 cm³/mol. The van der Waals surface area contributed by atoms with Crippen molar-refractivity contribution in [2.24, 2.45) is 0 Å². The van der Waals surface area contributed by atoms with Crippen LogP contribution >= 0.6 is 0 Å². The van der Waals surface area contributed by atoms with Crippen LogP contribution in [0, 0.1) is 13.8 Å². The molecule has 20 heavy (non-hydrogen) atoms. The van der Waals surface area contributed by atoms with E-state index in [4.69, 9.17) is 4.52 Å². The molecule has 1 aliphatic rings. The third-order valence-corrected chi connectivity index (χ3v) is 4.14. The van der Waals surface area contributed by atoms with Crippen LogP contribution in [0.2, 0.25) is 0 Å². The van der Waals surface area contributed by atoms with Crippen LogP contribution in [-0.2, 0) is 11.2 Å².